The zero-order chi connectivity index (χ0) is 13.8. The first kappa shape index (κ1) is 14.3. The number of amides is 1. The van der Waals surface area contributed by atoms with Gasteiger partial charge in [-0.25, -0.2) is 0 Å². The third-order valence-corrected chi connectivity index (χ3v) is 4.12. The molecule has 1 aromatic carbocycles. The van der Waals surface area contributed by atoms with Crippen LogP contribution in [0.15, 0.2) is 24.3 Å². The number of aryl methyl sites for hydroxylation is 1. The van der Waals surface area contributed by atoms with Gasteiger partial charge in [-0.05, 0) is 37.1 Å². The van der Waals surface area contributed by atoms with Crippen molar-refractivity contribution in [2.24, 2.45) is 5.92 Å². The minimum absolute atomic E-state index is 0.108. The first-order valence-corrected chi connectivity index (χ1v) is 7.33. The van der Waals surface area contributed by atoms with Gasteiger partial charge in [0.1, 0.15) is 12.4 Å². The Balaban J connectivity index is 1.90. The molecule has 0 spiro atoms. The van der Waals surface area contributed by atoms with Crippen molar-refractivity contribution in [2.45, 2.75) is 26.3 Å². The Morgan fingerprint density at radius 1 is 1.47 bits per heavy atom. The smallest absolute Gasteiger partial charge is 0.223 e. The van der Waals surface area contributed by atoms with Crippen LogP contribution in [0.2, 0.25) is 0 Å². The molecule has 1 saturated heterocycles. The van der Waals surface area contributed by atoms with E-state index in [0.717, 1.165) is 23.6 Å². The second-order valence-corrected chi connectivity index (χ2v) is 5.59. The number of thiol groups is 1. The second-order valence-electron chi connectivity index (χ2n) is 5.22. The standard InChI is InChI=1S/C15H21NO2S/c1-11-5-3-4-6-14(11)18-9-12(2)16-8-13(10-19)7-15(16)17/h3-6,12-13,19H,7-10H2,1-2H3. The molecule has 4 heteroatoms. The van der Waals surface area contributed by atoms with Crippen LogP contribution in [0, 0.1) is 12.8 Å². The van der Waals surface area contributed by atoms with Crippen LogP contribution in [-0.4, -0.2) is 35.8 Å². The molecule has 0 aromatic heterocycles. The van der Waals surface area contributed by atoms with Crippen LogP contribution in [0.4, 0.5) is 0 Å². The van der Waals surface area contributed by atoms with Gasteiger partial charge in [-0.15, -0.1) is 0 Å². The highest BCUT2D eigenvalue weighted by molar-refractivity contribution is 7.80. The third kappa shape index (κ3) is 3.44. The fourth-order valence-corrected chi connectivity index (χ4v) is 2.62. The molecular weight excluding hydrogens is 258 g/mol. The number of hydrogen-bond acceptors (Lipinski definition) is 3. The van der Waals surface area contributed by atoms with E-state index in [1.165, 1.54) is 0 Å². The van der Waals surface area contributed by atoms with E-state index < -0.39 is 0 Å². The minimum atomic E-state index is 0.108. The number of para-hydroxylation sites is 1. The number of likely N-dealkylation sites (tertiary alicyclic amines) is 1. The molecular formula is C15H21NO2S. The van der Waals surface area contributed by atoms with Crippen molar-refractivity contribution >= 4 is 18.5 Å². The lowest BCUT2D eigenvalue weighted by Gasteiger charge is -2.25. The molecule has 0 aliphatic carbocycles. The van der Waals surface area contributed by atoms with Crippen molar-refractivity contribution in [1.29, 1.82) is 0 Å². The molecule has 1 aliphatic heterocycles. The number of ether oxygens (including phenoxy) is 1. The van der Waals surface area contributed by atoms with Crippen LogP contribution in [0.5, 0.6) is 5.75 Å². The molecule has 19 heavy (non-hydrogen) atoms. The molecule has 1 amide bonds. The largest absolute Gasteiger partial charge is 0.491 e. The van der Waals surface area contributed by atoms with Crippen LogP contribution in [0.1, 0.15) is 18.9 Å². The van der Waals surface area contributed by atoms with Crippen LogP contribution in [0.25, 0.3) is 0 Å². The maximum atomic E-state index is 11.9. The lowest BCUT2D eigenvalue weighted by molar-refractivity contribution is -0.129. The molecule has 1 heterocycles. The summed E-state index contributed by atoms with van der Waals surface area (Å²) in [6, 6.07) is 8.05. The Labute approximate surface area is 120 Å². The summed E-state index contributed by atoms with van der Waals surface area (Å²) in [5.74, 6) is 2.27. The minimum Gasteiger partial charge on any atom is -0.491 e. The zero-order valence-electron chi connectivity index (χ0n) is 11.5. The maximum absolute atomic E-state index is 11.9. The number of nitrogens with zero attached hydrogens (tertiary/aromatic N) is 1. The number of rotatable bonds is 5. The average Bonchev–Trinajstić information content (AvgIpc) is 2.79. The van der Waals surface area contributed by atoms with Gasteiger partial charge in [0, 0.05) is 13.0 Å². The Morgan fingerprint density at radius 3 is 2.84 bits per heavy atom. The summed E-state index contributed by atoms with van der Waals surface area (Å²) in [5.41, 5.74) is 1.12. The molecule has 3 nitrogen and oxygen atoms in total. The van der Waals surface area contributed by atoms with Gasteiger partial charge >= 0.3 is 0 Å². The van der Waals surface area contributed by atoms with Gasteiger partial charge in [-0.2, -0.15) is 12.6 Å². The van der Waals surface area contributed by atoms with Gasteiger partial charge in [0.2, 0.25) is 5.91 Å². The summed E-state index contributed by atoms with van der Waals surface area (Å²) in [5, 5.41) is 0. The average molecular weight is 279 g/mol. The summed E-state index contributed by atoms with van der Waals surface area (Å²) in [6.07, 6.45) is 0.623. The molecule has 1 aliphatic rings. The van der Waals surface area contributed by atoms with Gasteiger partial charge in [0.15, 0.2) is 0 Å². The first-order valence-electron chi connectivity index (χ1n) is 6.70. The van der Waals surface area contributed by atoms with Crippen LogP contribution in [0.3, 0.4) is 0 Å². The van der Waals surface area contributed by atoms with E-state index in [1.54, 1.807) is 0 Å². The van der Waals surface area contributed by atoms with E-state index >= 15 is 0 Å². The predicted molar refractivity (Wildman–Crippen MR) is 79.8 cm³/mol. The zero-order valence-corrected chi connectivity index (χ0v) is 12.4. The Morgan fingerprint density at radius 2 is 2.21 bits per heavy atom. The second kappa shape index (κ2) is 6.33. The maximum Gasteiger partial charge on any atom is 0.223 e. The van der Waals surface area contributed by atoms with Crippen LogP contribution >= 0.6 is 12.6 Å². The quantitative estimate of drug-likeness (QED) is 0.839. The van der Waals surface area contributed by atoms with Crippen molar-refractivity contribution in [2.75, 3.05) is 18.9 Å². The molecule has 0 N–H and O–H groups in total. The van der Waals surface area contributed by atoms with E-state index in [4.69, 9.17) is 4.74 Å². The summed E-state index contributed by atoms with van der Waals surface area (Å²) >= 11 is 4.28. The van der Waals surface area contributed by atoms with Gasteiger partial charge in [-0.1, -0.05) is 18.2 Å². The molecule has 2 rings (SSSR count). The van der Waals surface area contributed by atoms with Gasteiger partial charge < -0.3 is 9.64 Å². The van der Waals surface area contributed by atoms with Crippen molar-refractivity contribution in [1.82, 2.24) is 4.90 Å². The number of carbonyl (C=O) groups excluding carboxylic acids is 1. The van der Waals surface area contributed by atoms with E-state index in [2.05, 4.69) is 12.6 Å². The highest BCUT2D eigenvalue weighted by Crippen LogP contribution is 2.22. The normalized spacial score (nSPS) is 20.7. The number of carbonyl (C=O) groups is 1. The molecule has 0 radical (unpaired) electrons. The van der Waals surface area contributed by atoms with Crippen LogP contribution < -0.4 is 4.74 Å². The van der Waals surface area contributed by atoms with Crippen molar-refractivity contribution in [3.63, 3.8) is 0 Å². The predicted octanol–water partition coefficient (Wildman–Crippen LogP) is 2.54. The summed E-state index contributed by atoms with van der Waals surface area (Å²) in [4.78, 5) is 13.8. The highest BCUT2D eigenvalue weighted by atomic mass is 32.1. The molecule has 1 aromatic rings. The Hall–Kier alpha value is -1.16. The molecule has 2 atom stereocenters. The van der Waals surface area contributed by atoms with E-state index in [-0.39, 0.29) is 11.9 Å². The third-order valence-electron chi connectivity index (χ3n) is 3.60. The molecule has 0 saturated carbocycles. The van der Waals surface area contributed by atoms with E-state index in [1.807, 2.05) is 43.0 Å². The van der Waals surface area contributed by atoms with Crippen molar-refractivity contribution < 1.29 is 9.53 Å². The van der Waals surface area contributed by atoms with Gasteiger partial charge in [0.25, 0.3) is 0 Å². The molecule has 1 fully saturated rings. The summed E-state index contributed by atoms with van der Waals surface area (Å²) in [7, 11) is 0. The molecule has 104 valence electrons. The lowest BCUT2D eigenvalue weighted by atomic mass is 10.1. The van der Waals surface area contributed by atoms with Crippen LogP contribution in [-0.2, 0) is 4.79 Å². The molecule has 0 bridgehead atoms. The van der Waals surface area contributed by atoms with Crippen molar-refractivity contribution in [3.8, 4) is 5.75 Å². The first-order chi connectivity index (χ1) is 9.11. The summed E-state index contributed by atoms with van der Waals surface area (Å²) in [6.45, 7) is 5.41. The number of benzene rings is 1. The van der Waals surface area contributed by atoms with E-state index in [0.29, 0.717) is 18.9 Å². The van der Waals surface area contributed by atoms with E-state index in [9.17, 15) is 4.79 Å². The highest BCUT2D eigenvalue weighted by Gasteiger charge is 2.31. The lowest BCUT2D eigenvalue weighted by Crippen LogP contribution is -2.38. The SMILES string of the molecule is Cc1ccccc1OCC(C)N1CC(CS)CC1=O. The Bertz CT molecular complexity index is 450. The molecule has 2 unspecified atom stereocenters. The summed E-state index contributed by atoms with van der Waals surface area (Å²) < 4.78 is 5.82. The van der Waals surface area contributed by atoms with Gasteiger partial charge in [-0.3, -0.25) is 4.79 Å². The topological polar surface area (TPSA) is 29.5 Å². The Kier molecular flexibility index (Phi) is 4.75. The van der Waals surface area contributed by atoms with Crippen molar-refractivity contribution in [3.05, 3.63) is 29.8 Å². The number of hydrogen-bond donors (Lipinski definition) is 1. The fraction of sp³-hybridized carbons (Fsp3) is 0.533. The fourth-order valence-electron chi connectivity index (χ4n) is 2.38. The monoisotopic (exact) mass is 279 g/mol. The van der Waals surface area contributed by atoms with Gasteiger partial charge in [0.05, 0.1) is 6.04 Å².